The summed E-state index contributed by atoms with van der Waals surface area (Å²) in [7, 11) is 1.53. The third-order valence-corrected chi connectivity index (χ3v) is 6.44. The van der Waals surface area contributed by atoms with Crippen molar-refractivity contribution in [2.75, 3.05) is 19.0 Å². The number of halogens is 1. The molecule has 9 nitrogen and oxygen atoms in total. The van der Waals surface area contributed by atoms with Crippen LogP contribution >= 0.6 is 11.6 Å². The number of nitrogens with one attached hydrogen (secondary N) is 3. The minimum Gasteiger partial charge on any atom is -0.495 e. The summed E-state index contributed by atoms with van der Waals surface area (Å²) in [6.07, 6.45) is 4.16. The zero-order valence-electron chi connectivity index (χ0n) is 18.3. The SMILES string of the molecule is COc1ccc(NC(=O)CN2NC3C4CC(c5ccc(C)cc5)NN4C=CN3C2=O)cc1Cl. The number of rotatable bonds is 5. The van der Waals surface area contributed by atoms with E-state index in [0.29, 0.717) is 16.5 Å². The Bertz CT molecular complexity index is 1110. The molecule has 0 bridgehead atoms. The zero-order chi connectivity index (χ0) is 23.1. The number of methoxy groups -OCH3 is 1. The van der Waals surface area contributed by atoms with Crippen molar-refractivity contribution in [2.24, 2.45) is 0 Å². The van der Waals surface area contributed by atoms with Gasteiger partial charge in [-0.2, -0.15) is 0 Å². The third kappa shape index (κ3) is 4.10. The Hall–Kier alpha value is -3.27. The van der Waals surface area contributed by atoms with Gasteiger partial charge in [0, 0.05) is 18.1 Å². The van der Waals surface area contributed by atoms with E-state index in [2.05, 4.69) is 47.4 Å². The van der Waals surface area contributed by atoms with Gasteiger partial charge in [0.05, 0.1) is 24.2 Å². The van der Waals surface area contributed by atoms with E-state index in [0.717, 1.165) is 6.42 Å². The molecule has 3 amide bonds. The van der Waals surface area contributed by atoms with Crippen LogP contribution in [-0.2, 0) is 4.79 Å². The summed E-state index contributed by atoms with van der Waals surface area (Å²) in [5, 5.41) is 6.55. The predicted octanol–water partition coefficient (Wildman–Crippen LogP) is 2.97. The highest BCUT2D eigenvalue weighted by molar-refractivity contribution is 6.32. The Kier molecular flexibility index (Phi) is 5.61. The molecule has 2 saturated heterocycles. The Labute approximate surface area is 196 Å². The summed E-state index contributed by atoms with van der Waals surface area (Å²) in [5.74, 6) is 0.188. The lowest BCUT2D eigenvalue weighted by Crippen LogP contribution is -2.54. The second kappa shape index (κ2) is 8.58. The fourth-order valence-corrected chi connectivity index (χ4v) is 4.69. The maximum absolute atomic E-state index is 12.9. The van der Waals surface area contributed by atoms with Gasteiger partial charge in [-0.3, -0.25) is 9.69 Å². The fourth-order valence-electron chi connectivity index (χ4n) is 4.44. The molecule has 3 heterocycles. The van der Waals surface area contributed by atoms with Crippen molar-refractivity contribution in [3.05, 3.63) is 71.0 Å². The first-order valence-corrected chi connectivity index (χ1v) is 11.1. The zero-order valence-corrected chi connectivity index (χ0v) is 19.0. The van der Waals surface area contributed by atoms with Crippen LogP contribution < -0.4 is 20.9 Å². The first-order valence-electron chi connectivity index (χ1n) is 10.7. The molecule has 2 aromatic carbocycles. The van der Waals surface area contributed by atoms with Crippen LogP contribution in [0.4, 0.5) is 10.5 Å². The van der Waals surface area contributed by atoms with Gasteiger partial charge in [0.15, 0.2) is 0 Å². The minimum atomic E-state index is -0.333. The number of hydrogen-bond donors (Lipinski definition) is 3. The molecule has 2 aromatic rings. The predicted molar refractivity (Wildman–Crippen MR) is 124 cm³/mol. The number of carbonyl (C=O) groups is 2. The number of anilines is 1. The highest BCUT2D eigenvalue weighted by Crippen LogP contribution is 2.34. The van der Waals surface area contributed by atoms with Crippen LogP contribution in [0.2, 0.25) is 5.02 Å². The molecule has 3 atom stereocenters. The van der Waals surface area contributed by atoms with E-state index in [1.807, 2.05) is 11.2 Å². The first-order chi connectivity index (χ1) is 15.9. The summed E-state index contributed by atoms with van der Waals surface area (Å²) in [6, 6.07) is 13.3. The molecule has 0 spiro atoms. The number of urea groups is 1. The van der Waals surface area contributed by atoms with Crippen LogP contribution in [0, 0.1) is 6.92 Å². The number of hydrogen-bond acceptors (Lipinski definition) is 6. The topological polar surface area (TPSA) is 89.2 Å². The van der Waals surface area contributed by atoms with E-state index in [-0.39, 0.29) is 36.7 Å². The average Bonchev–Trinajstić information content (AvgIpc) is 3.36. The van der Waals surface area contributed by atoms with Crippen molar-refractivity contribution in [1.29, 1.82) is 0 Å². The quantitative estimate of drug-likeness (QED) is 0.625. The first kappa shape index (κ1) is 21.6. The molecule has 3 aliphatic rings. The van der Waals surface area contributed by atoms with Gasteiger partial charge in [0.25, 0.3) is 0 Å². The molecule has 0 aromatic heterocycles. The third-order valence-electron chi connectivity index (χ3n) is 6.15. The highest BCUT2D eigenvalue weighted by atomic mass is 35.5. The lowest BCUT2D eigenvalue weighted by Gasteiger charge is -2.34. The van der Waals surface area contributed by atoms with E-state index in [1.165, 1.54) is 23.2 Å². The molecule has 33 heavy (non-hydrogen) atoms. The molecule has 3 N–H and O–H groups in total. The van der Waals surface area contributed by atoms with Gasteiger partial charge in [-0.25, -0.2) is 20.7 Å². The Morgan fingerprint density at radius 3 is 2.70 bits per heavy atom. The maximum atomic E-state index is 12.9. The molecule has 0 radical (unpaired) electrons. The van der Waals surface area contributed by atoms with Gasteiger partial charge in [-0.15, -0.1) is 0 Å². The van der Waals surface area contributed by atoms with Crippen molar-refractivity contribution in [1.82, 2.24) is 25.8 Å². The van der Waals surface area contributed by atoms with Crippen LogP contribution in [0.3, 0.4) is 0 Å². The highest BCUT2D eigenvalue weighted by Gasteiger charge is 2.48. The van der Waals surface area contributed by atoms with E-state index < -0.39 is 0 Å². The normalized spacial score (nSPS) is 23.5. The van der Waals surface area contributed by atoms with Gasteiger partial charge in [-0.1, -0.05) is 41.4 Å². The van der Waals surface area contributed by atoms with Crippen molar-refractivity contribution in [2.45, 2.75) is 31.6 Å². The number of carbonyl (C=O) groups excluding carboxylic acids is 2. The molecular formula is C23H25ClN6O3. The molecule has 2 fully saturated rings. The lowest BCUT2D eigenvalue weighted by molar-refractivity contribution is -0.117. The van der Waals surface area contributed by atoms with Crippen LogP contribution in [0.1, 0.15) is 23.6 Å². The average molecular weight is 469 g/mol. The number of ether oxygens (including phenoxy) is 1. The standard InChI is InChI=1S/C23H25ClN6O3/c1-14-3-5-15(6-4-14)18-12-19-22-27-30(23(32)28(22)9-10-29(19)26-18)13-21(31)25-16-7-8-20(33-2)17(24)11-16/h3-11,18-19,22,26-27H,12-13H2,1-2H3,(H,25,31). The molecule has 0 aliphatic carbocycles. The summed E-state index contributed by atoms with van der Waals surface area (Å²) in [5.41, 5.74) is 9.67. The number of amides is 3. The summed E-state index contributed by atoms with van der Waals surface area (Å²) in [4.78, 5) is 27.2. The van der Waals surface area contributed by atoms with E-state index in [9.17, 15) is 9.59 Å². The molecule has 10 heteroatoms. The van der Waals surface area contributed by atoms with Crippen molar-refractivity contribution >= 4 is 29.2 Å². The number of aryl methyl sites for hydroxylation is 1. The Morgan fingerprint density at radius 1 is 1.18 bits per heavy atom. The number of fused-ring (bicyclic) bond motifs is 3. The summed E-state index contributed by atoms with van der Waals surface area (Å²) < 4.78 is 5.13. The fraction of sp³-hybridized carbons (Fsp3) is 0.304. The molecule has 5 rings (SSSR count). The van der Waals surface area contributed by atoms with Gasteiger partial charge < -0.3 is 15.1 Å². The molecule has 3 aliphatic heterocycles. The van der Waals surface area contributed by atoms with Crippen molar-refractivity contribution < 1.29 is 14.3 Å². The minimum absolute atomic E-state index is 0.0266. The smallest absolute Gasteiger partial charge is 0.340 e. The maximum Gasteiger partial charge on any atom is 0.340 e. The second-order valence-corrected chi connectivity index (χ2v) is 8.76. The number of nitrogens with zero attached hydrogens (tertiary/aromatic N) is 3. The molecule has 3 unspecified atom stereocenters. The van der Waals surface area contributed by atoms with E-state index in [1.54, 1.807) is 29.3 Å². The number of hydrazine groups is 2. The van der Waals surface area contributed by atoms with Gasteiger partial charge in [0.2, 0.25) is 5.91 Å². The largest absolute Gasteiger partial charge is 0.495 e. The van der Waals surface area contributed by atoms with Gasteiger partial charge in [-0.05, 0) is 37.1 Å². The van der Waals surface area contributed by atoms with Crippen LogP contribution in [0.15, 0.2) is 54.9 Å². The summed E-state index contributed by atoms with van der Waals surface area (Å²) >= 11 is 6.13. The second-order valence-electron chi connectivity index (χ2n) is 8.35. The van der Waals surface area contributed by atoms with Gasteiger partial charge in [0.1, 0.15) is 18.5 Å². The van der Waals surface area contributed by atoms with Crippen molar-refractivity contribution in [3.8, 4) is 5.75 Å². The molecule has 0 saturated carbocycles. The molecular weight excluding hydrogens is 444 g/mol. The monoisotopic (exact) mass is 468 g/mol. The van der Waals surface area contributed by atoms with E-state index >= 15 is 0 Å². The Balaban J connectivity index is 1.24. The van der Waals surface area contributed by atoms with E-state index in [4.69, 9.17) is 16.3 Å². The van der Waals surface area contributed by atoms with Crippen molar-refractivity contribution in [3.63, 3.8) is 0 Å². The Morgan fingerprint density at radius 2 is 1.97 bits per heavy atom. The summed E-state index contributed by atoms with van der Waals surface area (Å²) in [6.45, 7) is 1.93. The van der Waals surface area contributed by atoms with Gasteiger partial charge >= 0.3 is 6.03 Å². The molecule has 172 valence electrons. The lowest BCUT2D eigenvalue weighted by atomic mass is 9.99. The van der Waals surface area contributed by atoms with Crippen LogP contribution in [-0.4, -0.2) is 52.7 Å². The number of benzene rings is 2. The van der Waals surface area contributed by atoms with Crippen LogP contribution in [0.25, 0.3) is 0 Å². The van der Waals surface area contributed by atoms with Crippen LogP contribution in [0.5, 0.6) is 5.75 Å².